The first-order chi connectivity index (χ1) is 10.1. The molecule has 108 valence electrons. The van der Waals surface area contributed by atoms with Crippen LogP contribution in [0.15, 0.2) is 48.5 Å². The van der Waals surface area contributed by atoms with Gasteiger partial charge in [-0.2, -0.15) is 0 Å². The summed E-state index contributed by atoms with van der Waals surface area (Å²) < 4.78 is 5.00. The first-order valence-corrected chi connectivity index (χ1v) is 6.48. The first-order valence-electron chi connectivity index (χ1n) is 6.10. The van der Waals surface area contributed by atoms with Gasteiger partial charge in [-0.15, -0.1) is 0 Å². The van der Waals surface area contributed by atoms with Crippen molar-refractivity contribution in [3.63, 3.8) is 0 Å². The molecule has 5 nitrogen and oxygen atoms in total. The molecule has 2 aromatic carbocycles. The third-order valence-corrected chi connectivity index (χ3v) is 2.96. The van der Waals surface area contributed by atoms with Crippen LogP contribution in [-0.4, -0.2) is 18.9 Å². The highest BCUT2D eigenvalue weighted by atomic mass is 35.5. The number of methoxy groups -OCH3 is 1. The summed E-state index contributed by atoms with van der Waals surface area (Å²) in [7, 11) is 1.54. The molecule has 0 aliphatic heterocycles. The third-order valence-electron chi connectivity index (χ3n) is 2.73. The molecule has 0 fully saturated rings. The van der Waals surface area contributed by atoms with Crippen LogP contribution in [-0.2, 0) is 0 Å². The van der Waals surface area contributed by atoms with Crippen LogP contribution in [0.3, 0.4) is 0 Å². The Morgan fingerprint density at radius 2 is 1.57 bits per heavy atom. The van der Waals surface area contributed by atoms with E-state index in [1.165, 1.54) is 6.07 Å². The van der Waals surface area contributed by atoms with Crippen molar-refractivity contribution in [3.8, 4) is 5.75 Å². The monoisotopic (exact) mass is 304 g/mol. The number of halogens is 1. The highest BCUT2D eigenvalue weighted by Gasteiger charge is 2.09. The summed E-state index contributed by atoms with van der Waals surface area (Å²) in [4.78, 5) is 23.7. The van der Waals surface area contributed by atoms with Crippen LogP contribution in [0.2, 0.25) is 5.02 Å². The number of benzene rings is 2. The Balaban J connectivity index is 1.95. The summed E-state index contributed by atoms with van der Waals surface area (Å²) in [5.74, 6) is -0.220. The van der Waals surface area contributed by atoms with E-state index >= 15 is 0 Å². The fourth-order valence-corrected chi connectivity index (χ4v) is 1.82. The van der Waals surface area contributed by atoms with Crippen molar-refractivity contribution in [2.24, 2.45) is 0 Å². The van der Waals surface area contributed by atoms with E-state index in [2.05, 4.69) is 10.9 Å². The predicted octanol–water partition coefficient (Wildman–Crippen LogP) is 2.42. The Morgan fingerprint density at radius 1 is 0.952 bits per heavy atom. The van der Waals surface area contributed by atoms with Crippen molar-refractivity contribution in [3.05, 3.63) is 64.7 Å². The van der Waals surface area contributed by atoms with E-state index in [0.29, 0.717) is 21.9 Å². The Morgan fingerprint density at radius 3 is 2.14 bits per heavy atom. The SMILES string of the molecule is COc1ccc(C(=O)NNC(=O)c2cccc(Cl)c2)cc1. The Labute approximate surface area is 126 Å². The van der Waals surface area contributed by atoms with Crippen LogP contribution in [0.25, 0.3) is 0 Å². The van der Waals surface area contributed by atoms with Crippen molar-refractivity contribution in [2.75, 3.05) is 7.11 Å². The molecule has 6 heteroatoms. The van der Waals surface area contributed by atoms with E-state index in [1.807, 2.05) is 0 Å². The maximum Gasteiger partial charge on any atom is 0.269 e. The summed E-state index contributed by atoms with van der Waals surface area (Å²) in [5.41, 5.74) is 5.42. The van der Waals surface area contributed by atoms with Crippen molar-refractivity contribution < 1.29 is 14.3 Å². The van der Waals surface area contributed by atoms with Gasteiger partial charge in [0.25, 0.3) is 11.8 Å². The molecule has 2 amide bonds. The molecule has 0 aliphatic carbocycles. The fraction of sp³-hybridized carbons (Fsp3) is 0.0667. The van der Waals surface area contributed by atoms with Crippen LogP contribution < -0.4 is 15.6 Å². The van der Waals surface area contributed by atoms with Gasteiger partial charge in [-0.1, -0.05) is 17.7 Å². The second-order valence-electron chi connectivity index (χ2n) is 4.15. The summed E-state index contributed by atoms with van der Waals surface area (Å²) in [5, 5.41) is 0.448. The summed E-state index contributed by atoms with van der Waals surface area (Å²) in [6, 6.07) is 12.9. The van der Waals surface area contributed by atoms with Crippen LogP contribution in [0.4, 0.5) is 0 Å². The van der Waals surface area contributed by atoms with Gasteiger partial charge in [0.15, 0.2) is 0 Å². The van der Waals surface area contributed by atoms with E-state index in [9.17, 15) is 9.59 Å². The number of hydrogen-bond acceptors (Lipinski definition) is 3. The highest BCUT2D eigenvalue weighted by molar-refractivity contribution is 6.30. The van der Waals surface area contributed by atoms with Gasteiger partial charge in [-0.25, -0.2) is 0 Å². The molecule has 0 spiro atoms. The number of rotatable bonds is 3. The molecule has 0 saturated carbocycles. The van der Waals surface area contributed by atoms with Gasteiger partial charge < -0.3 is 4.74 Å². The smallest absolute Gasteiger partial charge is 0.269 e. The van der Waals surface area contributed by atoms with Gasteiger partial charge in [-0.3, -0.25) is 20.4 Å². The molecule has 0 aromatic heterocycles. The van der Waals surface area contributed by atoms with Gasteiger partial charge in [0.05, 0.1) is 7.11 Å². The van der Waals surface area contributed by atoms with Crippen LogP contribution >= 0.6 is 11.6 Å². The normalized spacial score (nSPS) is 9.81. The lowest BCUT2D eigenvalue weighted by molar-refractivity contribution is 0.0846. The third kappa shape index (κ3) is 3.97. The number of amides is 2. The Hall–Kier alpha value is -2.53. The van der Waals surface area contributed by atoms with E-state index in [1.54, 1.807) is 49.6 Å². The van der Waals surface area contributed by atoms with Crippen LogP contribution in [0.5, 0.6) is 5.75 Å². The molecule has 0 aliphatic rings. The average Bonchev–Trinajstić information content (AvgIpc) is 2.52. The average molecular weight is 305 g/mol. The predicted molar refractivity (Wildman–Crippen MR) is 79.4 cm³/mol. The standard InChI is InChI=1S/C15H13ClN2O3/c1-21-13-7-5-10(6-8-13)14(19)17-18-15(20)11-3-2-4-12(16)9-11/h2-9H,1H3,(H,17,19)(H,18,20). The quantitative estimate of drug-likeness (QED) is 0.856. The minimum Gasteiger partial charge on any atom is -0.497 e. The lowest BCUT2D eigenvalue weighted by atomic mass is 10.2. The zero-order valence-corrected chi connectivity index (χ0v) is 12.0. The van der Waals surface area contributed by atoms with Crippen molar-refractivity contribution in [1.29, 1.82) is 0 Å². The van der Waals surface area contributed by atoms with Crippen LogP contribution in [0, 0.1) is 0 Å². The zero-order valence-electron chi connectivity index (χ0n) is 11.2. The van der Waals surface area contributed by atoms with Gasteiger partial charge in [-0.05, 0) is 42.5 Å². The van der Waals surface area contributed by atoms with Gasteiger partial charge in [0, 0.05) is 16.1 Å². The molecule has 0 heterocycles. The minimum absolute atomic E-state index is 0.359. The number of nitrogens with one attached hydrogen (secondary N) is 2. The summed E-state index contributed by atoms with van der Waals surface area (Å²) >= 11 is 5.80. The van der Waals surface area contributed by atoms with Gasteiger partial charge in [0.2, 0.25) is 0 Å². The van der Waals surface area contributed by atoms with E-state index in [-0.39, 0.29) is 0 Å². The summed E-state index contributed by atoms with van der Waals surface area (Å²) in [6.45, 7) is 0. The van der Waals surface area contributed by atoms with Crippen molar-refractivity contribution in [2.45, 2.75) is 0 Å². The molecule has 21 heavy (non-hydrogen) atoms. The second kappa shape index (κ2) is 6.76. The number of ether oxygens (including phenoxy) is 1. The Kier molecular flexibility index (Phi) is 4.79. The molecule has 0 unspecified atom stereocenters. The van der Waals surface area contributed by atoms with Crippen LogP contribution in [0.1, 0.15) is 20.7 Å². The number of carbonyl (C=O) groups is 2. The zero-order chi connectivity index (χ0) is 15.2. The van der Waals surface area contributed by atoms with Gasteiger partial charge >= 0.3 is 0 Å². The fourth-order valence-electron chi connectivity index (χ4n) is 1.63. The molecular formula is C15H13ClN2O3. The van der Waals surface area contributed by atoms with Crippen molar-refractivity contribution >= 4 is 23.4 Å². The maximum absolute atomic E-state index is 11.9. The molecule has 0 atom stereocenters. The second-order valence-corrected chi connectivity index (χ2v) is 4.58. The number of hydrogen-bond donors (Lipinski definition) is 2. The molecule has 0 saturated heterocycles. The molecular weight excluding hydrogens is 292 g/mol. The topological polar surface area (TPSA) is 67.4 Å². The summed E-state index contributed by atoms with van der Waals surface area (Å²) in [6.07, 6.45) is 0. The molecule has 2 N–H and O–H groups in total. The molecule has 0 bridgehead atoms. The van der Waals surface area contributed by atoms with E-state index in [4.69, 9.17) is 16.3 Å². The first kappa shape index (κ1) is 14.9. The molecule has 2 aromatic rings. The Bertz CT molecular complexity index is 656. The molecule has 2 rings (SSSR count). The highest BCUT2D eigenvalue weighted by Crippen LogP contribution is 2.11. The largest absolute Gasteiger partial charge is 0.497 e. The lowest BCUT2D eigenvalue weighted by Crippen LogP contribution is -2.41. The minimum atomic E-state index is -0.445. The number of carbonyl (C=O) groups excluding carboxylic acids is 2. The number of hydrazine groups is 1. The van der Waals surface area contributed by atoms with E-state index in [0.717, 1.165) is 0 Å². The maximum atomic E-state index is 11.9. The molecule has 0 radical (unpaired) electrons. The van der Waals surface area contributed by atoms with Gasteiger partial charge in [0.1, 0.15) is 5.75 Å². The van der Waals surface area contributed by atoms with E-state index < -0.39 is 11.8 Å². The van der Waals surface area contributed by atoms with Crippen molar-refractivity contribution in [1.82, 2.24) is 10.9 Å². The lowest BCUT2D eigenvalue weighted by Gasteiger charge is -2.08.